The van der Waals surface area contributed by atoms with Gasteiger partial charge >= 0.3 is 0 Å². The van der Waals surface area contributed by atoms with E-state index in [1.807, 2.05) is 30.3 Å². The average Bonchev–Trinajstić information content (AvgIpc) is 2.18. The summed E-state index contributed by atoms with van der Waals surface area (Å²) in [5.74, 6) is 0.106. The Morgan fingerprint density at radius 2 is 1.92 bits per heavy atom. The third-order valence-electron chi connectivity index (χ3n) is 1.61. The first-order valence-corrected chi connectivity index (χ1v) is 5.77. The summed E-state index contributed by atoms with van der Waals surface area (Å²) >= 11 is 6.32. The molecule has 0 aliphatic carbocycles. The molecular weight excluding hydrogens is 296 g/mol. The molecule has 0 fully saturated rings. The monoisotopic (exact) mass is 302 g/mol. The summed E-state index contributed by atoms with van der Waals surface area (Å²) in [7, 11) is 0. The van der Waals surface area contributed by atoms with Gasteiger partial charge in [0, 0.05) is 5.56 Å². The van der Waals surface area contributed by atoms with Crippen LogP contribution in [0.5, 0.6) is 0 Å². The highest BCUT2D eigenvalue weighted by Gasteiger charge is 2.01. The summed E-state index contributed by atoms with van der Waals surface area (Å²) in [6.45, 7) is 0. The van der Waals surface area contributed by atoms with Gasteiger partial charge < -0.3 is 0 Å². The molecule has 13 heavy (non-hydrogen) atoms. The predicted octanol–water partition coefficient (Wildman–Crippen LogP) is 3.63. The Labute approximate surface area is 94.1 Å². The highest BCUT2D eigenvalue weighted by atomic mass is 79.9. The number of alkyl halides is 1. The SMILES string of the molecule is O=C(CBr)c1ccc(C=CBr)cc1. The van der Waals surface area contributed by atoms with Crippen molar-refractivity contribution in [3.63, 3.8) is 0 Å². The van der Waals surface area contributed by atoms with E-state index in [9.17, 15) is 4.79 Å². The first-order chi connectivity index (χ1) is 6.27. The Kier molecular flexibility index (Phi) is 4.39. The summed E-state index contributed by atoms with van der Waals surface area (Å²) in [6.07, 6.45) is 1.92. The van der Waals surface area contributed by atoms with E-state index in [2.05, 4.69) is 31.9 Å². The summed E-state index contributed by atoms with van der Waals surface area (Å²) in [6, 6.07) is 7.47. The number of hydrogen-bond donors (Lipinski definition) is 0. The number of hydrogen-bond acceptors (Lipinski definition) is 1. The van der Waals surface area contributed by atoms with Gasteiger partial charge in [0.25, 0.3) is 0 Å². The van der Waals surface area contributed by atoms with Gasteiger partial charge in [0.2, 0.25) is 0 Å². The maximum atomic E-state index is 11.2. The molecule has 1 aromatic rings. The molecule has 1 aromatic carbocycles. The normalized spacial score (nSPS) is 10.6. The third-order valence-corrected chi connectivity index (χ3v) is 2.38. The Morgan fingerprint density at radius 3 is 2.38 bits per heavy atom. The maximum absolute atomic E-state index is 11.2. The summed E-state index contributed by atoms with van der Waals surface area (Å²) in [5.41, 5.74) is 1.81. The van der Waals surface area contributed by atoms with Crippen LogP contribution in [0.3, 0.4) is 0 Å². The smallest absolute Gasteiger partial charge is 0.173 e. The predicted molar refractivity (Wildman–Crippen MR) is 62.5 cm³/mol. The molecule has 0 aromatic heterocycles. The molecule has 0 spiro atoms. The minimum atomic E-state index is 0.106. The molecule has 0 radical (unpaired) electrons. The number of benzene rings is 1. The van der Waals surface area contributed by atoms with Crippen molar-refractivity contribution in [3.8, 4) is 0 Å². The molecule has 0 amide bonds. The second-order valence-corrected chi connectivity index (χ2v) is 3.56. The lowest BCUT2D eigenvalue weighted by atomic mass is 10.1. The zero-order valence-electron chi connectivity index (χ0n) is 6.84. The molecule has 1 rings (SSSR count). The molecule has 0 saturated heterocycles. The van der Waals surface area contributed by atoms with Crippen LogP contribution in [0.2, 0.25) is 0 Å². The maximum Gasteiger partial charge on any atom is 0.173 e. The fraction of sp³-hybridized carbons (Fsp3) is 0.100. The van der Waals surface area contributed by atoms with Crippen LogP contribution >= 0.6 is 31.9 Å². The molecule has 68 valence electrons. The van der Waals surface area contributed by atoms with Gasteiger partial charge in [-0.15, -0.1) is 0 Å². The number of rotatable bonds is 3. The molecule has 0 saturated carbocycles. The van der Waals surface area contributed by atoms with Crippen LogP contribution in [0.25, 0.3) is 6.08 Å². The van der Waals surface area contributed by atoms with Crippen LogP contribution in [0.4, 0.5) is 0 Å². The molecule has 0 bridgehead atoms. The minimum Gasteiger partial charge on any atom is -0.293 e. The first kappa shape index (κ1) is 10.7. The van der Waals surface area contributed by atoms with Gasteiger partial charge in [-0.3, -0.25) is 4.79 Å². The second kappa shape index (κ2) is 5.35. The molecule has 0 aliphatic heterocycles. The summed E-state index contributed by atoms with van der Waals surface area (Å²) < 4.78 is 0. The Hall–Kier alpha value is -0.410. The number of Topliss-reactive ketones (excluding diaryl/α,β-unsaturated/α-hetero) is 1. The van der Waals surface area contributed by atoms with E-state index in [-0.39, 0.29) is 5.78 Å². The van der Waals surface area contributed by atoms with E-state index in [1.165, 1.54) is 0 Å². The van der Waals surface area contributed by atoms with Gasteiger partial charge in [-0.25, -0.2) is 0 Å². The van der Waals surface area contributed by atoms with Gasteiger partial charge in [-0.2, -0.15) is 0 Å². The lowest BCUT2D eigenvalue weighted by Crippen LogP contribution is -1.98. The van der Waals surface area contributed by atoms with Gasteiger partial charge in [-0.1, -0.05) is 56.1 Å². The zero-order valence-corrected chi connectivity index (χ0v) is 10.0. The van der Waals surface area contributed by atoms with Crippen LogP contribution in [-0.2, 0) is 0 Å². The lowest BCUT2D eigenvalue weighted by molar-refractivity contribution is 0.102. The Morgan fingerprint density at radius 1 is 1.31 bits per heavy atom. The number of carbonyl (C=O) groups is 1. The standard InChI is InChI=1S/C10H8Br2O/c11-6-5-8-1-3-9(4-2-8)10(13)7-12/h1-6H,7H2. The fourth-order valence-electron chi connectivity index (χ4n) is 0.930. The molecule has 3 heteroatoms. The summed E-state index contributed by atoms with van der Waals surface area (Å²) in [4.78, 5) is 13.0. The van der Waals surface area contributed by atoms with Crippen molar-refractivity contribution < 1.29 is 4.79 Å². The van der Waals surface area contributed by atoms with E-state index in [0.29, 0.717) is 5.33 Å². The molecule has 1 nitrogen and oxygen atoms in total. The average molecular weight is 304 g/mol. The van der Waals surface area contributed by atoms with Crippen molar-refractivity contribution in [2.45, 2.75) is 0 Å². The van der Waals surface area contributed by atoms with E-state index in [4.69, 9.17) is 0 Å². The van der Waals surface area contributed by atoms with E-state index in [1.54, 1.807) is 4.99 Å². The van der Waals surface area contributed by atoms with Crippen molar-refractivity contribution >= 4 is 43.7 Å². The van der Waals surface area contributed by atoms with Gasteiger partial charge in [0.15, 0.2) is 5.78 Å². The molecule has 0 N–H and O–H groups in total. The molecule has 0 aliphatic rings. The second-order valence-electron chi connectivity index (χ2n) is 2.47. The van der Waals surface area contributed by atoms with Crippen molar-refractivity contribution in [3.05, 3.63) is 40.4 Å². The summed E-state index contributed by atoms with van der Waals surface area (Å²) in [5, 5.41) is 0.376. The Bertz CT molecular complexity index is 314. The van der Waals surface area contributed by atoms with Crippen molar-refractivity contribution in [1.82, 2.24) is 0 Å². The van der Waals surface area contributed by atoms with Crippen LogP contribution < -0.4 is 0 Å². The van der Waals surface area contributed by atoms with E-state index < -0.39 is 0 Å². The van der Waals surface area contributed by atoms with Crippen molar-refractivity contribution in [2.24, 2.45) is 0 Å². The Balaban J connectivity index is 2.87. The van der Waals surface area contributed by atoms with Crippen LogP contribution in [0.15, 0.2) is 29.3 Å². The fourth-order valence-corrected chi connectivity index (χ4v) is 1.56. The van der Waals surface area contributed by atoms with Gasteiger partial charge in [0.05, 0.1) is 5.33 Å². The lowest BCUT2D eigenvalue weighted by Gasteiger charge is -1.97. The largest absolute Gasteiger partial charge is 0.293 e. The zero-order chi connectivity index (χ0) is 9.68. The first-order valence-electron chi connectivity index (χ1n) is 3.74. The van der Waals surface area contributed by atoms with Crippen molar-refractivity contribution in [2.75, 3.05) is 5.33 Å². The van der Waals surface area contributed by atoms with E-state index in [0.717, 1.165) is 11.1 Å². The van der Waals surface area contributed by atoms with Crippen LogP contribution in [0, 0.1) is 0 Å². The molecule has 0 heterocycles. The van der Waals surface area contributed by atoms with Gasteiger partial charge in [-0.05, 0) is 16.6 Å². The van der Waals surface area contributed by atoms with Gasteiger partial charge in [0.1, 0.15) is 0 Å². The van der Waals surface area contributed by atoms with E-state index >= 15 is 0 Å². The molecule has 0 unspecified atom stereocenters. The number of halogens is 2. The highest BCUT2D eigenvalue weighted by molar-refractivity contribution is 9.11. The minimum absolute atomic E-state index is 0.106. The van der Waals surface area contributed by atoms with Crippen molar-refractivity contribution in [1.29, 1.82) is 0 Å². The highest BCUT2D eigenvalue weighted by Crippen LogP contribution is 2.08. The molecule has 0 atom stereocenters. The van der Waals surface area contributed by atoms with Crippen LogP contribution in [-0.4, -0.2) is 11.1 Å². The third kappa shape index (κ3) is 3.08. The molecular formula is C10H8Br2O. The number of carbonyl (C=O) groups excluding carboxylic acids is 1. The topological polar surface area (TPSA) is 17.1 Å². The van der Waals surface area contributed by atoms with Crippen LogP contribution in [0.1, 0.15) is 15.9 Å². The number of ketones is 1. The quantitative estimate of drug-likeness (QED) is 0.615.